The van der Waals surface area contributed by atoms with Gasteiger partial charge in [0.1, 0.15) is 36.3 Å². The second kappa shape index (κ2) is 18.8. The van der Waals surface area contributed by atoms with Crippen molar-refractivity contribution in [2.24, 2.45) is 11.8 Å². The number of hydrogen-bond acceptors (Lipinski definition) is 11. The van der Waals surface area contributed by atoms with Crippen LogP contribution in [0.1, 0.15) is 87.4 Å². The van der Waals surface area contributed by atoms with Crippen LogP contribution in [0.3, 0.4) is 0 Å². The average Bonchev–Trinajstić information content (AvgIpc) is 4.17. The van der Waals surface area contributed by atoms with Gasteiger partial charge in [-0.25, -0.2) is 19.6 Å². The maximum Gasteiger partial charge on any atom is 0.407 e. The Hall–Kier alpha value is -6.49. The number of methoxy groups -OCH3 is 3. The maximum absolute atomic E-state index is 14.1. The van der Waals surface area contributed by atoms with Crippen molar-refractivity contribution in [1.29, 1.82) is 0 Å². The minimum atomic E-state index is -1.09. The third-order valence-corrected chi connectivity index (χ3v) is 13.9. The Morgan fingerprint density at radius 1 is 0.924 bits per heavy atom. The summed E-state index contributed by atoms with van der Waals surface area (Å²) in [6.07, 6.45) is 2.44. The van der Waals surface area contributed by atoms with Gasteiger partial charge < -0.3 is 49.6 Å². The van der Waals surface area contributed by atoms with Crippen LogP contribution in [-0.4, -0.2) is 106 Å². The molecule has 346 valence electrons. The zero-order chi connectivity index (χ0) is 46.2. The highest BCUT2D eigenvalue weighted by Crippen LogP contribution is 2.44. The number of alkyl carbamates (subject to hydrolysis) is 2. The first-order valence-corrected chi connectivity index (χ1v) is 22.8. The molecule has 5 N–H and O–H groups in total. The summed E-state index contributed by atoms with van der Waals surface area (Å²) in [6, 6.07) is 22.0. The molecule has 2 fully saturated rings. The van der Waals surface area contributed by atoms with Crippen molar-refractivity contribution in [1.82, 2.24) is 40.4 Å². The first-order chi connectivity index (χ1) is 32.0. The fourth-order valence-corrected chi connectivity index (χ4v) is 10.2. The second-order valence-corrected chi connectivity index (χ2v) is 17.9. The van der Waals surface area contributed by atoms with E-state index in [0.29, 0.717) is 37.8 Å². The minimum Gasteiger partial charge on any atom is -0.488 e. The number of H-pyrrole nitrogens is 2. The molecule has 9 rings (SSSR count). The molecule has 3 amide bonds. The molecule has 0 radical (unpaired) electrons. The lowest BCUT2D eigenvalue weighted by atomic mass is 9.92. The van der Waals surface area contributed by atoms with Crippen LogP contribution >= 0.6 is 0 Å². The molecule has 6 aromatic rings. The zero-order valence-electron chi connectivity index (χ0n) is 38.2. The molecule has 2 unspecified atom stereocenters. The normalized spacial score (nSPS) is 21.1. The molecule has 16 heteroatoms. The molecule has 3 aliphatic rings. The third kappa shape index (κ3) is 8.44. The Morgan fingerprint density at radius 3 is 2.47 bits per heavy atom. The molecule has 0 spiro atoms. The van der Waals surface area contributed by atoms with Crippen LogP contribution in [-0.2, 0) is 25.6 Å². The number of rotatable bonds is 13. The van der Waals surface area contributed by atoms with E-state index in [4.69, 9.17) is 28.9 Å². The van der Waals surface area contributed by atoms with Gasteiger partial charge in [-0.05, 0) is 89.9 Å². The van der Waals surface area contributed by atoms with Crippen molar-refractivity contribution in [3.63, 3.8) is 0 Å². The first-order valence-electron chi connectivity index (χ1n) is 22.8. The molecule has 3 aliphatic heterocycles. The lowest BCUT2D eigenvalue weighted by Gasteiger charge is -2.34. The smallest absolute Gasteiger partial charge is 0.407 e. The van der Waals surface area contributed by atoms with E-state index in [2.05, 4.69) is 57.0 Å². The molecule has 66 heavy (non-hydrogen) atoms. The van der Waals surface area contributed by atoms with E-state index in [-0.39, 0.29) is 35.9 Å². The number of aromatic nitrogens is 4. The Balaban J connectivity index is 0.978. The van der Waals surface area contributed by atoms with Crippen molar-refractivity contribution in [3.8, 4) is 28.1 Å². The van der Waals surface area contributed by atoms with Crippen molar-refractivity contribution < 1.29 is 38.4 Å². The van der Waals surface area contributed by atoms with Gasteiger partial charge in [-0.1, -0.05) is 68.8 Å². The minimum absolute atomic E-state index is 0.0208. The van der Waals surface area contributed by atoms with Crippen molar-refractivity contribution in [2.75, 3.05) is 34.5 Å². The molecule has 16 nitrogen and oxygen atoms in total. The molecule has 0 aliphatic carbocycles. The van der Waals surface area contributed by atoms with Crippen molar-refractivity contribution >= 4 is 39.9 Å². The van der Waals surface area contributed by atoms with Crippen LogP contribution in [0.2, 0.25) is 0 Å². The van der Waals surface area contributed by atoms with Crippen LogP contribution in [0, 0.1) is 11.8 Å². The third-order valence-electron chi connectivity index (χ3n) is 13.9. The number of hydrogen-bond donors (Lipinski definition) is 5. The van der Waals surface area contributed by atoms with E-state index in [9.17, 15) is 19.5 Å². The summed E-state index contributed by atoms with van der Waals surface area (Å²) in [7, 11) is 4.29. The van der Waals surface area contributed by atoms with Gasteiger partial charge in [-0.3, -0.25) is 9.69 Å². The van der Waals surface area contributed by atoms with Crippen LogP contribution in [0.4, 0.5) is 9.59 Å². The molecule has 0 bridgehead atoms. The van der Waals surface area contributed by atoms with E-state index in [1.165, 1.54) is 14.2 Å². The average molecular weight is 899 g/mol. The van der Waals surface area contributed by atoms with Crippen molar-refractivity contribution in [2.45, 2.75) is 89.5 Å². The number of carbonyl (C=O) groups excluding carboxylic acids is 3. The van der Waals surface area contributed by atoms with Gasteiger partial charge in [-0.15, -0.1) is 0 Å². The Labute approximate surface area is 383 Å². The molecule has 2 aromatic heterocycles. The molecule has 0 saturated carbocycles. The number of fused-ring (bicyclic) bond motifs is 6. The number of carbonyl (C=O) groups is 3. The lowest BCUT2D eigenvalue weighted by molar-refractivity contribution is -0.137. The number of nitrogens with zero attached hydrogens (tertiary/aromatic N) is 4. The summed E-state index contributed by atoms with van der Waals surface area (Å²) in [5.74, 6) is 2.09. The number of amides is 3. The summed E-state index contributed by atoms with van der Waals surface area (Å²) in [6.45, 7) is 7.42. The number of aromatic amines is 2. The number of ether oxygens (including phenoxy) is 4. The lowest BCUT2D eigenvalue weighted by Crippen LogP contribution is -2.53. The van der Waals surface area contributed by atoms with Gasteiger partial charge in [-0.2, -0.15) is 0 Å². The largest absolute Gasteiger partial charge is 0.488 e. The summed E-state index contributed by atoms with van der Waals surface area (Å²) < 4.78 is 21.9. The number of benzene rings is 4. The summed E-state index contributed by atoms with van der Waals surface area (Å²) in [4.78, 5) is 59.7. The van der Waals surface area contributed by atoms with E-state index in [0.717, 1.165) is 80.3 Å². The molecule has 2 saturated heterocycles. The van der Waals surface area contributed by atoms with E-state index < -0.39 is 30.5 Å². The first kappa shape index (κ1) is 44.7. The molecular formula is C50H58N8O8. The van der Waals surface area contributed by atoms with Crippen LogP contribution in [0.25, 0.3) is 44.2 Å². The predicted octanol–water partition coefficient (Wildman–Crippen LogP) is 7.91. The summed E-state index contributed by atoms with van der Waals surface area (Å²) in [5.41, 5.74) is 7.31. The fraction of sp³-hybridized carbons (Fsp3) is 0.420. The highest BCUT2D eigenvalue weighted by molar-refractivity contribution is 6.07. The number of likely N-dealkylation sites (tertiary alicyclic amines) is 2. The zero-order valence-corrected chi connectivity index (χ0v) is 38.2. The topological polar surface area (TPSA) is 196 Å². The van der Waals surface area contributed by atoms with E-state index in [1.54, 1.807) is 7.11 Å². The predicted molar refractivity (Wildman–Crippen MR) is 248 cm³/mol. The standard InChI is InChI=1S/C50H58N8O8/c1-7-27(2)42(55-49(61)64-5)48(60)58-28(3)13-18-39(58)45-51-23-38(53-45)32-14-16-34-33(20-32)26-66-41-22-35-31(21-36(34)41)15-17-37-44(35)54-46(52-37)40-19-29(25-63-4)24-57(40)47(59)43(56-50(62)65-6)30-11-9-8-10-12-30/h8-12,14-17,20-23,27-29,39-40,42-43,47,59H,7,13,18-19,24-26H2,1-6H3,(H,51,53)(H,52,54)(H,55,61)(H,56,62)/t27-,28-,29-,39-,40-,42?,43+,47?/m0/s1. The SMILES string of the molecule is CC[C@H](C)C(NC(=O)OC)C(=O)N1[C@@H](C)CC[C@H]1c1ncc(-c2ccc3c(c2)COc2cc4c(ccc5nc([C@@H]6C[C@H](COC)CN6C(O)[C@H](NC(=O)OC)c6ccccc6)[nH]c54)cc2-3)[nH]1. The Morgan fingerprint density at radius 2 is 1.71 bits per heavy atom. The quantitative estimate of drug-likeness (QED) is 0.0756. The van der Waals surface area contributed by atoms with Crippen LogP contribution in [0.5, 0.6) is 5.75 Å². The van der Waals surface area contributed by atoms with Gasteiger partial charge in [0.15, 0.2) is 0 Å². The second-order valence-electron chi connectivity index (χ2n) is 17.9. The maximum atomic E-state index is 14.1. The fourth-order valence-electron chi connectivity index (χ4n) is 10.2. The van der Waals surface area contributed by atoms with E-state index in [1.807, 2.05) is 73.2 Å². The van der Waals surface area contributed by atoms with E-state index >= 15 is 0 Å². The van der Waals surface area contributed by atoms with Gasteiger partial charge in [0, 0.05) is 30.6 Å². The number of nitrogens with one attached hydrogen (secondary N) is 4. The van der Waals surface area contributed by atoms with Crippen LogP contribution in [0.15, 0.2) is 79.0 Å². The summed E-state index contributed by atoms with van der Waals surface area (Å²) >= 11 is 0. The monoisotopic (exact) mass is 898 g/mol. The van der Waals surface area contributed by atoms with Gasteiger partial charge in [0.25, 0.3) is 0 Å². The van der Waals surface area contributed by atoms with Crippen LogP contribution < -0.4 is 15.4 Å². The Bertz CT molecular complexity index is 2740. The summed E-state index contributed by atoms with van der Waals surface area (Å²) in [5, 5.41) is 19.7. The number of aliphatic hydroxyl groups is 1. The van der Waals surface area contributed by atoms with Gasteiger partial charge in [0.2, 0.25) is 5.91 Å². The van der Waals surface area contributed by atoms with Gasteiger partial charge in [0.05, 0.1) is 61.9 Å². The molecule has 8 atom stereocenters. The molecule has 4 aromatic carbocycles. The Kier molecular flexibility index (Phi) is 12.7. The highest BCUT2D eigenvalue weighted by Gasteiger charge is 2.43. The number of imidazole rings is 2. The van der Waals surface area contributed by atoms with Crippen molar-refractivity contribution in [3.05, 3.63) is 102 Å². The van der Waals surface area contributed by atoms with Gasteiger partial charge >= 0.3 is 12.2 Å². The number of aliphatic hydroxyl groups excluding tert-OH is 1. The molecular weight excluding hydrogens is 841 g/mol. The molecule has 5 heterocycles. The highest BCUT2D eigenvalue weighted by atomic mass is 16.5.